The van der Waals surface area contributed by atoms with Crippen molar-refractivity contribution in [3.63, 3.8) is 0 Å². The number of aliphatic carboxylic acids is 1. The molecule has 1 rings (SSSR count). The molecule has 1 aromatic carbocycles. The van der Waals surface area contributed by atoms with Gasteiger partial charge in [0.15, 0.2) is 0 Å². The lowest BCUT2D eigenvalue weighted by molar-refractivity contribution is -0.137. The third-order valence-electron chi connectivity index (χ3n) is 2.80. The zero-order valence-corrected chi connectivity index (χ0v) is 11.6. The predicted octanol–water partition coefficient (Wildman–Crippen LogP) is 3.09. The molecule has 1 aromatic rings. The second-order valence-electron chi connectivity index (χ2n) is 4.26. The molecule has 0 saturated heterocycles. The van der Waals surface area contributed by atoms with Crippen molar-refractivity contribution >= 4 is 17.6 Å². The first-order valence-corrected chi connectivity index (χ1v) is 6.57. The highest BCUT2D eigenvalue weighted by Crippen LogP contribution is 2.22. The number of carboxylic acids is 1. The molecule has 0 spiro atoms. The minimum atomic E-state index is -0.853. The van der Waals surface area contributed by atoms with Gasteiger partial charge in [0.1, 0.15) is 6.04 Å². The highest BCUT2D eigenvalue weighted by molar-refractivity contribution is 6.30. The van der Waals surface area contributed by atoms with Crippen molar-refractivity contribution in [2.75, 3.05) is 13.1 Å². The Morgan fingerprint density at radius 1 is 1.42 bits per heavy atom. The summed E-state index contributed by atoms with van der Waals surface area (Å²) in [6.07, 6.45) is 0.900. The van der Waals surface area contributed by atoms with Crippen LogP contribution in [0.5, 0.6) is 0 Å². The molecule has 0 heterocycles. The lowest BCUT2D eigenvalue weighted by Gasteiger charge is -2.26. The van der Waals surface area contributed by atoms with E-state index in [0.29, 0.717) is 18.1 Å². The van der Waals surface area contributed by atoms with Crippen LogP contribution in [0.3, 0.4) is 0 Å². The van der Waals surface area contributed by atoms with Crippen molar-refractivity contribution in [1.82, 2.24) is 4.90 Å². The average molecular weight is 281 g/mol. The van der Waals surface area contributed by atoms with Crippen LogP contribution < -0.4 is 0 Å². The highest BCUT2D eigenvalue weighted by Gasteiger charge is 2.19. The first kappa shape index (κ1) is 15.5. The minimum Gasteiger partial charge on any atom is -0.481 e. The molecule has 0 bridgehead atoms. The fraction of sp³-hybridized carbons (Fsp3) is 0.429. The molecule has 1 atom stereocenters. The Morgan fingerprint density at radius 2 is 2.05 bits per heavy atom. The number of hydrogen-bond donors (Lipinski definition) is 1. The monoisotopic (exact) mass is 280 g/mol. The molecule has 0 aliphatic rings. The third kappa shape index (κ3) is 4.90. The van der Waals surface area contributed by atoms with Gasteiger partial charge in [-0.2, -0.15) is 5.26 Å². The maximum Gasteiger partial charge on any atom is 0.304 e. The number of nitriles is 1. The molecule has 1 unspecified atom stereocenters. The molecule has 19 heavy (non-hydrogen) atoms. The molecule has 0 aromatic heterocycles. The van der Waals surface area contributed by atoms with E-state index in [1.165, 1.54) is 0 Å². The molecule has 0 aliphatic carbocycles. The number of nitrogens with zero attached hydrogens (tertiary/aromatic N) is 2. The molecular formula is C14H17ClN2O2. The standard InChI is InChI=1S/C14H17ClN2O2/c1-2-8-17(9-7-14(18)19)13(10-16)11-3-5-12(15)6-4-11/h3-6,13H,2,7-9H2,1H3,(H,18,19). The van der Waals surface area contributed by atoms with Gasteiger partial charge >= 0.3 is 5.97 Å². The van der Waals surface area contributed by atoms with Crippen LogP contribution in [-0.4, -0.2) is 29.1 Å². The summed E-state index contributed by atoms with van der Waals surface area (Å²) >= 11 is 5.83. The first-order valence-electron chi connectivity index (χ1n) is 6.19. The number of benzene rings is 1. The Balaban J connectivity index is 2.86. The van der Waals surface area contributed by atoms with Crippen LogP contribution in [0, 0.1) is 11.3 Å². The van der Waals surface area contributed by atoms with Crippen molar-refractivity contribution in [1.29, 1.82) is 5.26 Å². The van der Waals surface area contributed by atoms with Crippen LogP contribution in [0.25, 0.3) is 0 Å². The minimum absolute atomic E-state index is 0.0335. The van der Waals surface area contributed by atoms with Crippen LogP contribution in [0.1, 0.15) is 31.4 Å². The van der Waals surface area contributed by atoms with E-state index in [0.717, 1.165) is 12.0 Å². The van der Waals surface area contributed by atoms with Crippen LogP contribution in [0.4, 0.5) is 0 Å². The third-order valence-corrected chi connectivity index (χ3v) is 3.05. The van der Waals surface area contributed by atoms with E-state index in [-0.39, 0.29) is 6.42 Å². The van der Waals surface area contributed by atoms with E-state index in [9.17, 15) is 10.1 Å². The second kappa shape index (κ2) is 7.78. The van der Waals surface area contributed by atoms with E-state index in [1.807, 2.05) is 11.8 Å². The Kier molecular flexibility index (Phi) is 6.34. The molecule has 5 heteroatoms. The van der Waals surface area contributed by atoms with Gasteiger partial charge in [-0.25, -0.2) is 0 Å². The zero-order valence-electron chi connectivity index (χ0n) is 10.8. The lowest BCUT2D eigenvalue weighted by atomic mass is 10.1. The predicted molar refractivity (Wildman–Crippen MR) is 73.9 cm³/mol. The number of carbonyl (C=O) groups is 1. The summed E-state index contributed by atoms with van der Waals surface area (Å²) in [4.78, 5) is 12.6. The van der Waals surface area contributed by atoms with Gasteiger partial charge in [-0.3, -0.25) is 9.69 Å². The SMILES string of the molecule is CCCN(CCC(=O)O)C(C#N)c1ccc(Cl)cc1. The van der Waals surface area contributed by atoms with Gasteiger partial charge in [0.2, 0.25) is 0 Å². The number of hydrogen-bond acceptors (Lipinski definition) is 3. The molecular weight excluding hydrogens is 264 g/mol. The van der Waals surface area contributed by atoms with Gasteiger partial charge in [-0.15, -0.1) is 0 Å². The Hall–Kier alpha value is -1.57. The van der Waals surface area contributed by atoms with Crippen LogP contribution >= 0.6 is 11.6 Å². The van der Waals surface area contributed by atoms with Crippen molar-refractivity contribution in [3.8, 4) is 6.07 Å². The maximum absolute atomic E-state index is 10.7. The van der Waals surface area contributed by atoms with E-state index in [2.05, 4.69) is 6.07 Å². The fourth-order valence-electron chi connectivity index (χ4n) is 1.91. The lowest BCUT2D eigenvalue weighted by Crippen LogP contribution is -2.31. The largest absolute Gasteiger partial charge is 0.481 e. The summed E-state index contributed by atoms with van der Waals surface area (Å²) < 4.78 is 0. The quantitative estimate of drug-likeness (QED) is 0.833. The van der Waals surface area contributed by atoms with Crippen LogP contribution in [-0.2, 0) is 4.79 Å². The van der Waals surface area contributed by atoms with Gasteiger partial charge in [-0.1, -0.05) is 30.7 Å². The second-order valence-corrected chi connectivity index (χ2v) is 4.70. The molecule has 102 valence electrons. The van der Waals surface area contributed by atoms with Crippen molar-refractivity contribution in [3.05, 3.63) is 34.9 Å². The van der Waals surface area contributed by atoms with Crippen LogP contribution in [0.2, 0.25) is 5.02 Å². The van der Waals surface area contributed by atoms with Crippen molar-refractivity contribution in [2.45, 2.75) is 25.8 Å². The maximum atomic E-state index is 10.7. The van der Waals surface area contributed by atoms with Gasteiger partial charge < -0.3 is 5.11 Å². The highest BCUT2D eigenvalue weighted by atomic mass is 35.5. The van der Waals surface area contributed by atoms with Crippen molar-refractivity contribution < 1.29 is 9.90 Å². The summed E-state index contributed by atoms with van der Waals surface area (Å²) in [6.45, 7) is 3.06. The summed E-state index contributed by atoms with van der Waals surface area (Å²) in [7, 11) is 0. The molecule has 0 amide bonds. The number of carboxylic acid groups (broad SMARTS) is 1. The van der Waals surface area contributed by atoms with Gasteiger partial charge in [0, 0.05) is 11.6 Å². The topological polar surface area (TPSA) is 64.3 Å². The molecule has 4 nitrogen and oxygen atoms in total. The Bertz CT molecular complexity index is 454. The van der Waals surface area contributed by atoms with Gasteiger partial charge in [0.25, 0.3) is 0 Å². The summed E-state index contributed by atoms with van der Waals surface area (Å²) in [6, 6.07) is 8.89. The average Bonchev–Trinajstić information content (AvgIpc) is 2.38. The van der Waals surface area contributed by atoms with Crippen LogP contribution in [0.15, 0.2) is 24.3 Å². The Morgan fingerprint density at radius 3 is 2.53 bits per heavy atom. The smallest absolute Gasteiger partial charge is 0.304 e. The number of halogens is 1. The first-order chi connectivity index (χ1) is 9.08. The van der Waals surface area contributed by atoms with E-state index >= 15 is 0 Å². The Labute approximate surface area is 118 Å². The molecule has 0 radical (unpaired) electrons. The summed E-state index contributed by atoms with van der Waals surface area (Å²) in [5, 5.41) is 18.7. The molecule has 0 aliphatic heterocycles. The van der Waals surface area contributed by atoms with E-state index in [4.69, 9.17) is 16.7 Å². The fourth-order valence-corrected chi connectivity index (χ4v) is 2.03. The van der Waals surface area contributed by atoms with Gasteiger partial charge in [-0.05, 0) is 30.7 Å². The normalized spacial score (nSPS) is 12.1. The zero-order chi connectivity index (χ0) is 14.3. The summed E-state index contributed by atoms with van der Waals surface area (Å²) in [5.74, 6) is -0.853. The summed E-state index contributed by atoms with van der Waals surface area (Å²) in [5.41, 5.74) is 0.839. The molecule has 1 N–H and O–H groups in total. The van der Waals surface area contributed by atoms with Crippen molar-refractivity contribution in [2.24, 2.45) is 0 Å². The van der Waals surface area contributed by atoms with E-state index < -0.39 is 12.0 Å². The molecule has 0 saturated carbocycles. The van der Waals surface area contributed by atoms with Gasteiger partial charge in [0.05, 0.1) is 12.5 Å². The molecule has 0 fully saturated rings. The van der Waals surface area contributed by atoms with E-state index in [1.54, 1.807) is 24.3 Å². The number of rotatable bonds is 7.